The van der Waals surface area contributed by atoms with Gasteiger partial charge in [-0.2, -0.15) is 0 Å². The topological polar surface area (TPSA) is 142 Å². The second-order valence-electron chi connectivity index (χ2n) is 7.53. The van der Waals surface area contributed by atoms with Gasteiger partial charge in [0.15, 0.2) is 0 Å². The van der Waals surface area contributed by atoms with Crippen molar-refractivity contribution in [2.75, 3.05) is 78.5 Å². The summed E-state index contributed by atoms with van der Waals surface area (Å²) in [5.74, 6) is -0.559. The molecule has 11 nitrogen and oxygen atoms in total. The molecule has 31 heavy (non-hydrogen) atoms. The molecular weight excluding hydrogens is 408 g/mol. The molecule has 0 amide bonds. The average Bonchev–Trinajstić information content (AvgIpc) is 2.67. The van der Waals surface area contributed by atoms with Gasteiger partial charge in [0.25, 0.3) is 0 Å². The molecule has 1 fully saturated rings. The van der Waals surface area contributed by atoms with Gasteiger partial charge >= 0.3 is 17.9 Å². The third-order valence-electron chi connectivity index (χ3n) is 4.95. The molecule has 0 bridgehead atoms. The molecule has 0 aromatic carbocycles. The van der Waals surface area contributed by atoms with Crippen LogP contribution in [0.1, 0.15) is 12.8 Å². The SMILES string of the molecule is C#CCCC(=O)CN1CCN(CC(=O)O)CCN(CC(=O)O)CCN(CC(=O)O)CC1. The zero-order chi connectivity index (χ0) is 23.2. The van der Waals surface area contributed by atoms with Crippen molar-refractivity contribution in [1.29, 1.82) is 0 Å². The lowest BCUT2D eigenvalue weighted by atomic mass is 10.2. The second kappa shape index (κ2) is 14.5. The zero-order valence-corrected chi connectivity index (χ0v) is 17.7. The van der Waals surface area contributed by atoms with Crippen molar-refractivity contribution >= 4 is 23.7 Å². The van der Waals surface area contributed by atoms with Crippen molar-refractivity contribution in [3.05, 3.63) is 0 Å². The fourth-order valence-electron chi connectivity index (χ4n) is 3.32. The third kappa shape index (κ3) is 12.7. The van der Waals surface area contributed by atoms with E-state index in [2.05, 4.69) is 5.92 Å². The number of aliphatic carboxylic acids is 3. The van der Waals surface area contributed by atoms with Crippen molar-refractivity contribution in [1.82, 2.24) is 19.6 Å². The summed E-state index contributed by atoms with van der Waals surface area (Å²) < 4.78 is 0. The molecule has 0 spiro atoms. The van der Waals surface area contributed by atoms with Crippen molar-refractivity contribution in [3.8, 4) is 12.3 Å². The molecule has 0 radical (unpaired) electrons. The van der Waals surface area contributed by atoms with Gasteiger partial charge in [-0.15, -0.1) is 12.3 Å². The van der Waals surface area contributed by atoms with Crippen LogP contribution >= 0.6 is 0 Å². The Labute approximate surface area is 182 Å². The molecule has 1 saturated heterocycles. The number of nitrogens with zero attached hydrogens (tertiary/aromatic N) is 4. The minimum absolute atomic E-state index is 0.0211. The minimum Gasteiger partial charge on any atom is -0.480 e. The lowest BCUT2D eigenvalue weighted by Crippen LogP contribution is -2.49. The highest BCUT2D eigenvalue weighted by atomic mass is 16.4. The van der Waals surface area contributed by atoms with Gasteiger partial charge < -0.3 is 15.3 Å². The minimum atomic E-state index is -1.00. The summed E-state index contributed by atoms with van der Waals surface area (Å²) in [7, 11) is 0. The number of hydrogen-bond acceptors (Lipinski definition) is 8. The number of hydrogen-bond donors (Lipinski definition) is 3. The number of carbonyl (C=O) groups excluding carboxylic acids is 1. The predicted octanol–water partition coefficient (Wildman–Crippen LogP) is -1.56. The number of carboxylic acids is 3. The summed E-state index contributed by atoms with van der Waals surface area (Å²) in [5, 5.41) is 27.5. The maximum atomic E-state index is 12.2. The molecular formula is C20H32N4O7. The van der Waals surface area contributed by atoms with Crippen molar-refractivity contribution < 1.29 is 34.5 Å². The number of carbonyl (C=O) groups is 4. The van der Waals surface area contributed by atoms with E-state index >= 15 is 0 Å². The van der Waals surface area contributed by atoms with Gasteiger partial charge in [-0.25, -0.2) is 0 Å². The predicted molar refractivity (Wildman–Crippen MR) is 112 cm³/mol. The molecule has 0 aliphatic carbocycles. The first kappa shape index (κ1) is 26.5. The maximum absolute atomic E-state index is 12.2. The highest BCUT2D eigenvalue weighted by molar-refractivity contribution is 5.80. The van der Waals surface area contributed by atoms with E-state index < -0.39 is 17.9 Å². The first-order chi connectivity index (χ1) is 14.7. The zero-order valence-electron chi connectivity index (χ0n) is 17.7. The van der Waals surface area contributed by atoms with E-state index in [9.17, 15) is 29.4 Å². The Bertz CT molecular complexity index is 632. The average molecular weight is 440 g/mol. The smallest absolute Gasteiger partial charge is 0.317 e. The standard InChI is InChI=1S/C20H32N4O7/c1-2-3-4-17(25)13-21-5-7-22(14-18(26)27)9-11-24(16-20(30)31)12-10-23(8-6-21)15-19(28)29/h1H,3-16H2,(H,26,27)(H,28,29)(H,30,31). The monoisotopic (exact) mass is 440 g/mol. The Hall–Kier alpha value is -2.52. The molecule has 0 aromatic heterocycles. The molecule has 1 rings (SSSR count). The summed E-state index contributed by atoms with van der Waals surface area (Å²) in [6.07, 6.45) is 5.82. The molecule has 0 atom stereocenters. The van der Waals surface area contributed by atoms with E-state index in [-0.39, 0.29) is 38.4 Å². The van der Waals surface area contributed by atoms with Crippen molar-refractivity contribution in [2.24, 2.45) is 0 Å². The third-order valence-corrected chi connectivity index (χ3v) is 4.95. The molecule has 1 aliphatic rings. The maximum Gasteiger partial charge on any atom is 0.317 e. The normalized spacial score (nSPS) is 18.4. The molecule has 3 N–H and O–H groups in total. The van der Waals surface area contributed by atoms with Gasteiger partial charge in [-0.3, -0.25) is 38.8 Å². The lowest BCUT2D eigenvalue weighted by molar-refractivity contribution is -0.140. The fourth-order valence-corrected chi connectivity index (χ4v) is 3.32. The fraction of sp³-hybridized carbons (Fsp3) is 0.700. The quantitative estimate of drug-likeness (QED) is 0.340. The van der Waals surface area contributed by atoms with Crippen LogP contribution in [-0.4, -0.2) is 137 Å². The summed E-state index contributed by atoms with van der Waals surface area (Å²) in [5.41, 5.74) is 0. The van der Waals surface area contributed by atoms with Crippen LogP contribution in [-0.2, 0) is 19.2 Å². The molecule has 1 aliphatic heterocycles. The van der Waals surface area contributed by atoms with Crippen LogP contribution in [0.15, 0.2) is 0 Å². The number of ketones is 1. The van der Waals surface area contributed by atoms with Crippen LogP contribution < -0.4 is 0 Å². The molecule has 174 valence electrons. The van der Waals surface area contributed by atoms with E-state index in [0.29, 0.717) is 58.8 Å². The highest BCUT2D eigenvalue weighted by Crippen LogP contribution is 2.02. The Balaban J connectivity index is 2.92. The number of carboxylic acid groups (broad SMARTS) is 3. The summed E-state index contributed by atoms with van der Waals surface area (Å²) in [6, 6.07) is 0. The van der Waals surface area contributed by atoms with Gasteiger partial charge in [0.05, 0.1) is 26.2 Å². The molecule has 0 saturated carbocycles. The number of Topliss-reactive ketones (excluding diaryl/α,β-unsaturated/α-hetero) is 1. The summed E-state index contributed by atoms with van der Waals surface area (Å²) in [4.78, 5) is 52.8. The van der Waals surface area contributed by atoms with E-state index in [1.165, 1.54) is 0 Å². The summed E-state index contributed by atoms with van der Waals surface area (Å²) >= 11 is 0. The number of rotatable bonds is 10. The molecule has 0 unspecified atom stereocenters. The van der Waals surface area contributed by atoms with E-state index in [0.717, 1.165) is 0 Å². The lowest BCUT2D eigenvalue weighted by Gasteiger charge is -2.32. The Kier molecular flexibility index (Phi) is 12.4. The first-order valence-corrected chi connectivity index (χ1v) is 10.2. The highest BCUT2D eigenvalue weighted by Gasteiger charge is 2.20. The Morgan fingerprint density at radius 3 is 1.16 bits per heavy atom. The van der Waals surface area contributed by atoms with E-state index in [1.54, 1.807) is 14.7 Å². The van der Waals surface area contributed by atoms with Crippen LogP contribution in [0.4, 0.5) is 0 Å². The van der Waals surface area contributed by atoms with E-state index in [4.69, 9.17) is 11.5 Å². The van der Waals surface area contributed by atoms with Gasteiger partial charge in [-0.05, 0) is 0 Å². The molecule has 11 heteroatoms. The Morgan fingerprint density at radius 2 is 0.903 bits per heavy atom. The van der Waals surface area contributed by atoms with Gasteiger partial charge in [0, 0.05) is 65.2 Å². The first-order valence-electron chi connectivity index (χ1n) is 10.2. The van der Waals surface area contributed by atoms with Crippen LogP contribution in [0.25, 0.3) is 0 Å². The van der Waals surface area contributed by atoms with Crippen LogP contribution in [0.5, 0.6) is 0 Å². The number of terminal acetylenes is 1. The van der Waals surface area contributed by atoms with Crippen LogP contribution in [0.2, 0.25) is 0 Å². The van der Waals surface area contributed by atoms with Gasteiger partial charge in [0.1, 0.15) is 5.78 Å². The summed E-state index contributed by atoms with van der Waals surface area (Å²) in [6.45, 7) is 2.55. The molecule has 1 heterocycles. The van der Waals surface area contributed by atoms with Crippen LogP contribution in [0, 0.1) is 12.3 Å². The largest absolute Gasteiger partial charge is 0.480 e. The van der Waals surface area contributed by atoms with Gasteiger partial charge in [-0.1, -0.05) is 0 Å². The van der Waals surface area contributed by atoms with Crippen LogP contribution in [0.3, 0.4) is 0 Å². The Morgan fingerprint density at radius 1 is 0.613 bits per heavy atom. The van der Waals surface area contributed by atoms with Crippen molar-refractivity contribution in [3.63, 3.8) is 0 Å². The van der Waals surface area contributed by atoms with E-state index in [1.807, 2.05) is 4.90 Å². The van der Waals surface area contributed by atoms with Crippen molar-refractivity contribution in [2.45, 2.75) is 12.8 Å². The molecule has 0 aromatic rings. The second-order valence-corrected chi connectivity index (χ2v) is 7.53. The van der Waals surface area contributed by atoms with Gasteiger partial charge in [0.2, 0.25) is 0 Å².